The van der Waals surface area contributed by atoms with E-state index in [0.717, 1.165) is 25.1 Å². The number of benzene rings is 1. The summed E-state index contributed by atoms with van der Waals surface area (Å²) in [5, 5.41) is 2.80. The molecule has 2 unspecified atom stereocenters. The highest BCUT2D eigenvalue weighted by atomic mass is 19.4. The van der Waals surface area contributed by atoms with E-state index < -0.39 is 11.7 Å². The van der Waals surface area contributed by atoms with E-state index in [1.54, 1.807) is 13.1 Å². The van der Waals surface area contributed by atoms with Gasteiger partial charge in [-0.25, -0.2) is 0 Å². The van der Waals surface area contributed by atoms with Crippen LogP contribution in [0.25, 0.3) is 0 Å². The van der Waals surface area contributed by atoms with E-state index in [-0.39, 0.29) is 6.54 Å². The van der Waals surface area contributed by atoms with E-state index in [9.17, 15) is 13.2 Å². The van der Waals surface area contributed by atoms with Crippen molar-refractivity contribution in [2.45, 2.75) is 38.0 Å². The summed E-state index contributed by atoms with van der Waals surface area (Å²) in [6.45, 7) is 1.15. The largest absolute Gasteiger partial charge is 0.416 e. The Balaban J connectivity index is 1.93. The van der Waals surface area contributed by atoms with E-state index in [2.05, 4.69) is 10.2 Å². The van der Waals surface area contributed by atoms with Crippen LogP contribution in [-0.2, 0) is 12.7 Å². The number of hydrogen-bond donors (Lipinski definition) is 1. The lowest BCUT2D eigenvalue weighted by molar-refractivity contribution is -0.138. The molecule has 0 spiro atoms. The summed E-state index contributed by atoms with van der Waals surface area (Å²) in [7, 11) is 1.66. The first-order valence-electron chi connectivity index (χ1n) is 7.10. The summed E-state index contributed by atoms with van der Waals surface area (Å²) < 4.78 is 39.5. The molecule has 2 atom stereocenters. The fraction of sp³-hybridized carbons (Fsp3) is 0.600. The average Bonchev–Trinajstić information content (AvgIpc) is 3.00. The lowest BCUT2D eigenvalue weighted by Gasteiger charge is -2.30. The number of alkyl halides is 3. The zero-order valence-electron chi connectivity index (χ0n) is 11.5. The zero-order valence-corrected chi connectivity index (χ0v) is 11.5. The van der Waals surface area contributed by atoms with E-state index in [0.29, 0.717) is 17.5 Å². The standard InChI is InChI=1S/C15H19F3N2/c1-19-8-11-3-5-13(7-14(11)15(16,17)18)20-9-10-2-4-12(20)6-10/h3,5,7,10,12,19H,2,4,6,8-9H2,1H3. The van der Waals surface area contributed by atoms with E-state index in [1.807, 2.05) is 6.07 Å². The number of hydrogen-bond acceptors (Lipinski definition) is 2. The topological polar surface area (TPSA) is 15.3 Å². The Bertz CT molecular complexity index is 498. The number of fused-ring (bicyclic) bond motifs is 2. The molecule has 20 heavy (non-hydrogen) atoms. The first-order valence-corrected chi connectivity index (χ1v) is 7.10. The van der Waals surface area contributed by atoms with Gasteiger partial charge in [-0.3, -0.25) is 0 Å². The minimum atomic E-state index is -4.29. The Hall–Kier alpha value is -1.23. The van der Waals surface area contributed by atoms with Gasteiger partial charge in [0.05, 0.1) is 5.56 Å². The Kier molecular flexibility index (Phi) is 3.40. The van der Waals surface area contributed by atoms with Gasteiger partial charge in [-0.15, -0.1) is 0 Å². The second kappa shape index (κ2) is 4.95. The van der Waals surface area contributed by atoms with Gasteiger partial charge in [0.2, 0.25) is 0 Å². The SMILES string of the molecule is CNCc1ccc(N2CC3CCC2C3)cc1C(F)(F)F. The van der Waals surface area contributed by atoms with Crippen molar-refractivity contribution in [1.29, 1.82) is 0 Å². The lowest BCUT2D eigenvalue weighted by atomic mass is 10.0. The monoisotopic (exact) mass is 284 g/mol. The average molecular weight is 284 g/mol. The minimum absolute atomic E-state index is 0.237. The van der Waals surface area contributed by atoms with Crippen molar-refractivity contribution >= 4 is 5.69 Å². The van der Waals surface area contributed by atoms with Gasteiger partial charge >= 0.3 is 6.18 Å². The first-order chi connectivity index (χ1) is 9.49. The third-order valence-corrected chi connectivity index (χ3v) is 4.51. The smallest absolute Gasteiger partial charge is 0.368 e. The molecule has 1 saturated carbocycles. The van der Waals surface area contributed by atoms with Crippen molar-refractivity contribution in [3.63, 3.8) is 0 Å². The molecule has 1 N–H and O–H groups in total. The van der Waals surface area contributed by atoms with Gasteiger partial charge in [0.25, 0.3) is 0 Å². The van der Waals surface area contributed by atoms with Crippen LogP contribution in [0.1, 0.15) is 30.4 Å². The number of halogens is 3. The van der Waals surface area contributed by atoms with Gasteiger partial charge in [0.1, 0.15) is 0 Å². The van der Waals surface area contributed by atoms with Gasteiger partial charge in [0, 0.05) is 24.8 Å². The maximum atomic E-state index is 13.2. The highest BCUT2D eigenvalue weighted by Gasteiger charge is 2.39. The number of anilines is 1. The Morgan fingerprint density at radius 3 is 2.65 bits per heavy atom. The molecule has 1 heterocycles. The van der Waals surface area contributed by atoms with E-state index >= 15 is 0 Å². The van der Waals surface area contributed by atoms with Crippen LogP contribution >= 0.6 is 0 Å². The quantitative estimate of drug-likeness (QED) is 0.915. The highest BCUT2D eigenvalue weighted by Crippen LogP contribution is 2.42. The maximum absolute atomic E-state index is 13.2. The molecule has 1 saturated heterocycles. The second-order valence-corrected chi connectivity index (χ2v) is 5.85. The molecule has 1 aliphatic carbocycles. The molecule has 1 aromatic carbocycles. The molecule has 0 amide bonds. The summed E-state index contributed by atoms with van der Waals surface area (Å²) in [4.78, 5) is 2.16. The van der Waals surface area contributed by atoms with Crippen molar-refractivity contribution in [3.05, 3.63) is 29.3 Å². The van der Waals surface area contributed by atoms with Crippen LogP contribution in [0.3, 0.4) is 0 Å². The van der Waals surface area contributed by atoms with Gasteiger partial charge in [0.15, 0.2) is 0 Å². The molecule has 2 bridgehead atoms. The number of rotatable bonds is 3. The van der Waals surface area contributed by atoms with E-state index in [1.165, 1.54) is 12.5 Å². The van der Waals surface area contributed by atoms with Gasteiger partial charge < -0.3 is 10.2 Å². The maximum Gasteiger partial charge on any atom is 0.416 e. The molecule has 3 rings (SSSR count). The number of nitrogens with zero attached hydrogens (tertiary/aromatic N) is 1. The summed E-state index contributed by atoms with van der Waals surface area (Å²) in [6.07, 6.45) is -0.810. The lowest BCUT2D eigenvalue weighted by Crippen LogP contribution is -2.32. The fourth-order valence-corrected chi connectivity index (χ4v) is 3.59. The molecule has 110 valence electrons. The van der Waals surface area contributed by atoms with Crippen LogP contribution in [0.4, 0.5) is 18.9 Å². The molecule has 1 aliphatic heterocycles. The molecule has 5 heteroatoms. The molecule has 2 nitrogen and oxygen atoms in total. The number of nitrogens with one attached hydrogen (secondary N) is 1. The zero-order chi connectivity index (χ0) is 14.3. The molecule has 0 radical (unpaired) electrons. The molecule has 2 fully saturated rings. The van der Waals surface area contributed by atoms with Gasteiger partial charge in [-0.05, 0) is 49.9 Å². The number of piperidine rings is 1. The Morgan fingerprint density at radius 1 is 1.30 bits per heavy atom. The Morgan fingerprint density at radius 2 is 2.10 bits per heavy atom. The molecule has 2 aliphatic rings. The molecule has 1 aromatic rings. The van der Waals surface area contributed by atoms with Crippen LogP contribution in [0.2, 0.25) is 0 Å². The molecule has 0 aromatic heterocycles. The molecular formula is C15H19F3N2. The third-order valence-electron chi connectivity index (χ3n) is 4.51. The first kappa shape index (κ1) is 13.7. The van der Waals surface area contributed by atoms with Gasteiger partial charge in [-0.1, -0.05) is 6.07 Å². The van der Waals surface area contributed by atoms with Crippen molar-refractivity contribution in [2.24, 2.45) is 5.92 Å². The second-order valence-electron chi connectivity index (χ2n) is 5.85. The van der Waals surface area contributed by atoms with Gasteiger partial charge in [-0.2, -0.15) is 13.2 Å². The van der Waals surface area contributed by atoms with Crippen LogP contribution in [0.15, 0.2) is 18.2 Å². The Labute approximate surface area is 117 Å². The van der Waals surface area contributed by atoms with Crippen LogP contribution in [0, 0.1) is 5.92 Å². The van der Waals surface area contributed by atoms with Crippen LogP contribution < -0.4 is 10.2 Å². The van der Waals surface area contributed by atoms with Crippen molar-refractivity contribution in [2.75, 3.05) is 18.5 Å². The summed E-state index contributed by atoms with van der Waals surface area (Å²) in [6, 6.07) is 5.22. The van der Waals surface area contributed by atoms with Crippen LogP contribution in [-0.4, -0.2) is 19.6 Å². The predicted molar refractivity (Wildman–Crippen MR) is 72.7 cm³/mol. The third kappa shape index (κ3) is 2.39. The van der Waals surface area contributed by atoms with Crippen molar-refractivity contribution in [1.82, 2.24) is 5.32 Å². The molecular weight excluding hydrogens is 265 g/mol. The summed E-state index contributed by atoms with van der Waals surface area (Å²) >= 11 is 0. The minimum Gasteiger partial charge on any atom is -0.368 e. The van der Waals surface area contributed by atoms with Crippen molar-refractivity contribution < 1.29 is 13.2 Å². The fourth-order valence-electron chi connectivity index (χ4n) is 3.59. The predicted octanol–water partition coefficient (Wildman–Crippen LogP) is 3.41. The normalized spacial score (nSPS) is 25.5. The van der Waals surface area contributed by atoms with E-state index in [4.69, 9.17) is 0 Å². The highest BCUT2D eigenvalue weighted by molar-refractivity contribution is 5.54. The van der Waals surface area contributed by atoms with Crippen LogP contribution in [0.5, 0.6) is 0 Å². The van der Waals surface area contributed by atoms with Crippen molar-refractivity contribution in [3.8, 4) is 0 Å². The summed E-state index contributed by atoms with van der Waals surface area (Å²) in [5.74, 6) is 0.673. The summed E-state index contributed by atoms with van der Waals surface area (Å²) in [5.41, 5.74) is 0.532.